The lowest BCUT2D eigenvalue weighted by molar-refractivity contribution is 0.306. The van der Waals surface area contributed by atoms with Crippen molar-refractivity contribution in [2.75, 3.05) is 19.5 Å². The third-order valence-electron chi connectivity index (χ3n) is 6.42. The molecule has 0 saturated heterocycles. The van der Waals surface area contributed by atoms with E-state index in [1.807, 2.05) is 42.5 Å². The highest BCUT2D eigenvalue weighted by atomic mass is 35.5. The summed E-state index contributed by atoms with van der Waals surface area (Å²) in [5, 5.41) is 4.50. The van der Waals surface area contributed by atoms with E-state index in [1.54, 1.807) is 14.2 Å². The molecule has 0 unspecified atom stereocenters. The van der Waals surface area contributed by atoms with Gasteiger partial charge in [-0.2, -0.15) is 0 Å². The summed E-state index contributed by atoms with van der Waals surface area (Å²) in [5.74, 6) is 3.26. The van der Waals surface area contributed by atoms with Crippen LogP contribution in [0, 0.1) is 5.92 Å². The number of nitrogens with one attached hydrogen (secondary N) is 1. The topological polar surface area (TPSA) is 39.7 Å². The summed E-state index contributed by atoms with van der Waals surface area (Å²) in [6.07, 6.45) is 5.64. The number of fused-ring (bicyclic) bond motifs is 3. The Kier molecular flexibility index (Phi) is 5.71. The van der Waals surface area contributed by atoms with Crippen molar-refractivity contribution in [1.29, 1.82) is 0 Å². The summed E-state index contributed by atoms with van der Waals surface area (Å²) >= 11 is 5.96. The van der Waals surface area contributed by atoms with E-state index in [2.05, 4.69) is 35.7 Å². The third kappa shape index (κ3) is 3.91. The second kappa shape index (κ2) is 8.79. The zero-order chi connectivity index (χ0) is 22.1. The Bertz CT molecular complexity index is 1120. The van der Waals surface area contributed by atoms with Crippen LogP contribution in [0.2, 0.25) is 5.02 Å². The summed E-state index contributed by atoms with van der Waals surface area (Å²) < 4.78 is 17.2. The molecular formula is C27H26ClNO3. The number of anilines is 1. The first-order valence-electron chi connectivity index (χ1n) is 10.8. The molecule has 0 amide bonds. The Balaban J connectivity index is 1.37. The minimum Gasteiger partial charge on any atom is -0.497 e. The molecule has 1 heterocycles. The van der Waals surface area contributed by atoms with Gasteiger partial charge in [0.05, 0.1) is 25.9 Å². The maximum atomic E-state index is 5.97. The van der Waals surface area contributed by atoms with Crippen molar-refractivity contribution in [3.63, 3.8) is 0 Å². The molecule has 0 aromatic heterocycles. The normalized spacial score (nSPS) is 20.8. The molecule has 1 N–H and O–H groups in total. The van der Waals surface area contributed by atoms with E-state index in [0.29, 0.717) is 18.4 Å². The van der Waals surface area contributed by atoms with E-state index < -0.39 is 0 Å². The van der Waals surface area contributed by atoms with Crippen LogP contribution in [-0.4, -0.2) is 14.2 Å². The molecular weight excluding hydrogens is 422 g/mol. The van der Waals surface area contributed by atoms with Crippen molar-refractivity contribution in [3.8, 4) is 17.2 Å². The predicted molar refractivity (Wildman–Crippen MR) is 128 cm³/mol. The summed E-state index contributed by atoms with van der Waals surface area (Å²) in [6, 6.07) is 20.4. The van der Waals surface area contributed by atoms with Crippen molar-refractivity contribution >= 4 is 17.3 Å². The van der Waals surface area contributed by atoms with Crippen molar-refractivity contribution in [2.45, 2.75) is 25.0 Å². The second-order valence-electron chi connectivity index (χ2n) is 8.25. The maximum Gasteiger partial charge on any atom is 0.145 e. The van der Waals surface area contributed by atoms with Gasteiger partial charge in [-0.25, -0.2) is 0 Å². The van der Waals surface area contributed by atoms with Crippen LogP contribution < -0.4 is 19.5 Å². The number of methoxy groups -OCH3 is 2. The molecule has 5 rings (SSSR count). The Morgan fingerprint density at radius 1 is 0.938 bits per heavy atom. The molecule has 3 aromatic carbocycles. The van der Waals surface area contributed by atoms with Crippen molar-refractivity contribution in [1.82, 2.24) is 0 Å². The van der Waals surface area contributed by atoms with Crippen LogP contribution >= 0.6 is 11.6 Å². The van der Waals surface area contributed by atoms with Crippen LogP contribution in [0.3, 0.4) is 0 Å². The van der Waals surface area contributed by atoms with Gasteiger partial charge in [0, 0.05) is 17.0 Å². The van der Waals surface area contributed by atoms with Gasteiger partial charge in [-0.15, -0.1) is 0 Å². The highest BCUT2D eigenvalue weighted by molar-refractivity contribution is 6.30. The van der Waals surface area contributed by atoms with Gasteiger partial charge in [-0.3, -0.25) is 0 Å². The molecule has 3 atom stereocenters. The molecule has 0 radical (unpaired) electrons. The molecule has 5 heteroatoms. The highest BCUT2D eigenvalue weighted by Gasteiger charge is 2.39. The van der Waals surface area contributed by atoms with E-state index in [0.717, 1.165) is 39.9 Å². The minimum atomic E-state index is 0.190. The van der Waals surface area contributed by atoms with Gasteiger partial charge in [-0.05, 0) is 59.4 Å². The molecule has 0 spiro atoms. The largest absolute Gasteiger partial charge is 0.497 e. The molecule has 2 aliphatic rings. The fourth-order valence-electron chi connectivity index (χ4n) is 4.77. The fraction of sp³-hybridized carbons (Fsp3) is 0.259. The molecule has 164 valence electrons. The van der Waals surface area contributed by atoms with Crippen LogP contribution in [-0.2, 0) is 6.61 Å². The van der Waals surface area contributed by atoms with Gasteiger partial charge in [0.15, 0.2) is 0 Å². The molecule has 0 bridgehead atoms. The van der Waals surface area contributed by atoms with E-state index in [1.165, 1.54) is 11.1 Å². The van der Waals surface area contributed by atoms with Crippen molar-refractivity contribution < 1.29 is 14.2 Å². The maximum absolute atomic E-state index is 5.97. The smallest absolute Gasteiger partial charge is 0.145 e. The molecule has 1 aliphatic heterocycles. The van der Waals surface area contributed by atoms with Crippen LogP contribution in [0.4, 0.5) is 5.69 Å². The molecule has 0 fully saturated rings. The van der Waals surface area contributed by atoms with Crippen LogP contribution in [0.25, 0.3) is 0 Å². The number of hydrogen-bond donors (Lipinski definition) is 1. The van der Waals surface area contributed by atoms with Gasteiger partial charge in [0.2, 0.25) is 0 Å². The lowest BCUT2D eigenvalue weighted by Crippen LogP contribution is -2.29. The highest BCUT2D eigenvalue weighted by Crippen LogP contribution is 2.53. The molecule has 1 aliphatic carbocycles. The third-order valence-corrected chi connectivity index (χ3v) is 6.67. The first-order valence-corrected chi connectivity index (χ1v) is 11.2. The Labute approximate surface area is 193 Å². The standard InChI is InChI=1S/C27H26ClNO3/c1-30-21-14-24-22-4-3-5-23(22)26(29-27(24)25(15-21)31-2)18-8-12-20(13-9-18)32-16-17-6-10-19(28)11-7-17/h3-4,6-15,22-23,26,29H,5,16H2,1-2H3/t22-,23+,26+/m1/s1. The monoisotopic (exact) mass is 447 g/mol. The fourth-order valence-corrected chi connectivity index (χ4v) is 4.89. The van der Waals surface area contributed by atoms with Crippen molar-refractivity contribution in [3.05, 3.63) is 94.5 Å². The van der Waals surface area contributed by atoms with Gasteiger partial charge in [-0.1, -0.05) is 48.0 Å². The van der Waals surface area contributed by atoms with Crippen LogP contribution in [0.5, 0.6) is 17.2 Å². The first-order chi connectivity index (χ1) is 15.7. The van der Waals surface area contributed by atoms with Crippen molar-refractivity contribution in [2.24, 2.45) is 5.92 Å². The summed E-state index contributed by atoms with van der Waals surface area (Å²) in [7, 11) is 3.40. The number of benzene rings is 3. The lowest BCUT2D eigenvalue weighted by atomic mass is 9.77. The van der Waals surface area contributed by atoms with Crippen LogP contribution in [0.15, 0.2) is 72.8 Å². The van der Waals surface area contributed by atoms with E-state index >= 15 is 0 Å². The van der Waals surface area contributed by atoms with Gasteiger partial charge < -0.3 is 19.5 Å². The predicted octanol–water partition coefficient (Wildman–Crippen LogP) is 6.76. The average molecular weight is 448 g/mol. The lowest BCUT2D eigenvalue weighted by Gasteiger charge is -2.38. The number of hydrogen-bond acceptors (Lipinski definition) is 4. The van der Waals surface area contributed by atoms with E-state index in [-0.39, 0.29) is 6.04 Å². The molecule has 0 saturated carbocycles. The van der Waals surface area contributed by atoms with E-state index in [9.17, 15) is 0 Å². The quantitative estimate of drug-likeness (QED) is 0.423. The zero-order valence-corrected chi connectivity index (χ0v) is 18.9. The summed E-state index contributed by atoms with van der Waals surface area (Å²) in [4.78, 5) is 0. The molecule has 32 heavy (non-hydrogen) atoms. The van der Waals surface area contributed by atoms with Gasteiger partial charge >= 0.3 is 0 Å². The number of rotatable bonds is 6. The second-order valence-corrected chi connectivity index (χ2v) is 8.69. The number of halogens is 1. The minimum absolute atomic E-state index is 0.190. The number of allylic oxidation sites excluding steroid dienone is 2. The van der Waals surface area contributed by atoms with Gasteiger partial charge in [0.1, 0.15) is 23.9 Å². The van der Waals surface area contributed by atoms with Crippen LogP contribution in [0.1, 0.15) is 35.1 Å². The SMILES string of the molecule is COc1cc(OC)c2c(c1)[C@@H]1C=CC[C@@H]1[C@H](c1ccc(OCc3ccc(Cl)cc3)cc1)N2. The Morgan fingerprint density at radius 2 is 1.72 bits per heavy atom. The van der Waals surface area contributed by atoms with E-state index in [4.69, 9.17) is 25.8 Å². The summed E-state index contributed by atoms with van der Waals surface area (Å²) in [5.41, 5.74) is 4.62. The summed E-state index contributed by atoms with van der Waals surface area (Å²) in [6.45, 7) is 0.513. The average Bonchev–Trinajstić information content (AvgIpc) is 3.33. The molecule has 4 nitrogen and oxygen atoms in total. The zero-order valence-electron chi connectivity index (χ0n) is 18.2. The Morgan fingerprint density at radius 3 is 2.44 bits per heavy atom. The molecule has 3 aromatic rings. The first kappa shape index (κ1) is 20.8. The number of ether oxygens (including phenoxy) is 3. The van der Waals surface area contributed by atoms with Gasteiger partial charge in [0.25, 0.3) is 0 Å². The Hall–Kier alpha value is -3.11.